The minimum absolute atomic E-state index is 0.0199. The Morgan fingerprint density at radius 1 is 0.929 bits per heavy atom. The van der Waals surface area contributed by atoms with Crippen molar-refractivity contribution in [3.63, 3.8) is 0 Å². The Morgan fingerprint density at radius 3 is 2.18 bits per heavy atom. The maximum atomic E-state index is 11.4. The largest absolute Gasteiger partial charge is 0.496 e. The summed E-state index contributed by atoms with van der Waals surface area (Å²) < 4.78 is 5.52. The van der Waals surface area contributed by atoms with E-state index in [4.69, 9.17) is 4.74 Å². The van der Waals surface area contributed by atoms with Crippen LogP contribution in [0.1, 0.15) is 44.5 Å². The number of pyridine rings is 1. The van der Waals surface area contributed by atoms with Crippen LogP contribution in [-0.4, -0.2) is 31.3 Å². The molecule has 3 aromatic rings. The molecule has 0 bridgehead atoms. The molecule has 2 N–H and O–H groups in total. The molecule has 0 fully saturated rings. The number of aliphatic hydroxyl groups is 1. The molecule has 0 saturated carbocycles. The second-order valence-corrected chi connectivity index (χ2v) is 8.13. The van der Waals surface area contributed by atoms with Crippen molar-refractivity contribution in [3.8, 4) is 5.75 Å². The molecule has 28 heavy (non-hydrogen) atoms. The monoisotopic (exact) mass is 380 g/mol. The van der Waals surface area contributed by atoms with Crippen LogP contribution in [0.25, 0.3) is 10.9 Å². The van der Waals surface area contributed by atoms with Crippen LogP contribution in [0.3, 0.4) is 0 Å². The predicted octanol–water partition coefficient (Wildman–Crippen LogP) is 4.63. The molecule has 2 aromatic carbocycles. The maximum absolute atomic E-state index is 11.4. The van der Waals surface area contributed by atoms with Gasteiger partial charge in [0.1, 0.15) is 11.4 Å². The zero-order valence-electron chi connectivity index (χ0n) is 18.0. The first kappa shape index (κ1) is 21.9. The quantitative estimate of drug-likeness (QED) is 0.695. The number of nitrogens with one attached hydrogen (secondary N) is 1. The normalized spacial score (nSPS) is 13.4. The summed E-state index contributed by atoms with van der Waals surface area (Å²) >= 11 is 0. The molecule has 1 unspecified atom stereocenters. The van der Waals surface area contributed by atoms with Gasteiger partial charge in [-0.1, -0.05) is 51.1 Å². The fourth-order valence-corrected chi connectivity index (χ4v) is 3.03. The zero-order chi connectivity index (χ0) is 20.9. The molecule has 1 heterocycles. The number of rotatable bonds is 3. The summed E-state index contributed by atoms with van der Waals surface area (Å²) in [6, 6.07) is 17.8. The van der Waals surface area contributed by atoms with Crippen molar-refractivity contribution in [2.45, 2.75) is 38.7 Å². The number of hydrogen-bond donors (Lipinski definition) is 2. The molecule has 0 aliphatic carbocycles. The van der Waals surface area contributed by atoms with E-state index in [0.29, 0.717) is 11.4 Å². The first-order chi connectivity index (χ1) is 13.1. The van der Waals surface area contributed by atoms with Crippen LogP contribution < -0.4 is 10.1 Å². The molecule has 0 aliphatic rings. The van der Waals surface area contributed by atoms with Gasteiger partial charge in [-0.25, -0.2) is 4.98 Å². The summed E-state index contributed by atoms with van der Waals surface area (Å²) in [6.07, 6.45) is 0. The Kier molecular flexibility index (Phi) is 6.81. The number of fused-ring (bicyclic) bond motifs is 1. The van der Waals surface area contributed by atoms with Gasteiger partial charge in [-0.15, -0.1) is 0 Å². The van der Waals surface area contributed by atoms with E-state index < -0.39 is 5.60 Å². The van der Waals surface area contributed by atoms with E-state index >= 15 is 0 Å². The van der Waals surface area contributed by atoms with Gasteiger partial charge in [0, 0.05) is 10.9 Å². The zero-order valence-corrected chi connectivity index (χ0v) is 18.0. The first-order valence-electron chi connectivity index (χ1n) is 9.51. The van der Waals surface area contributed by atoms with Crippen molar-refractivity contribution in [1.82, 2.24) is 10.3 Å². The lowest BCUT2D eigenvalue weighted by Crippen LogP contribution is -2.26. The molecule has 3 rings (SSSR count). The number of ether oxygens (including phenoxy) is 1. The summed E-state index contributed by atoms with van der Waals surface area (Å²) in [5.74, 6) is 0.660. The van der Waals surface area contributed by atoms with Crippen LogP contribution in [0.15, 0.2) is 54.6 Å². The molecule has 1 atom stereocenters. The molecule has 150 valence electrons. The molecule has 4 heteroatoms. The van der Waals surface area contributed by atoms with Crippen molar-refractivity contribution in [2.75, 3.05) is 21.2 Å². The van der Waals surface area contributed by atoms with Gasteiger partial charge in [0.25, 0.3) is 0 Å². The van der Waals surface area contributed by atoms with E-state index in [0.717, 1.165) is 22.0 Å². The van der Waals surface area contributed by atoms with Gasteiger partial charge >= 0.3 is 0 Å². The van der Waals surface area contributed by atoms with Crippen molar-refractivity contribution in [1.29, 1.82) is 0 Å². The third-order valence-electron chi connectivity index (χ3n) is 4.69. The first-order valence-corrected chi connectivity index (χ1v) is 9.51. The molecule has 0 amide bonds. The average molecular weight is 381 g/mol. The van der Waals surface area contributed by atoms with Gasteiger partial charge in [0.2, 0.25) is 0 Å². The van der Waals surface area contributed by atoms with Crippen LogP contribution in [0.5, 0.6) is 5.75 Å². The maximum Gasteiger partial charge on any atom is 0.132 e. The van der Waals surface area contributed by atoms with Crippen molar-refractivity contribution < 1.29 is 9.84 Å². The summed E-state index contributed by atoms with van der Waals surface area (Å²) in [4.78, 5) is 4.68. The second-order valence-electron chi connectivity index (χ2n) is 8.13. The number of aromatic nitrogens is 1. The Hall–Kier alpha value is -2.43. The Balaban J connectivity index is 0.000000878. The molecule has 1 aromatic heterocycles. The third-order valence-corrected chi connectivity index (χ3v) is 4.69. The number of nitrogens with zero attached hydrogens (tertiary/aromatic N) is 1. The highest BCUT2D eigenvalue weighted by Crippen LogP contribution is 2.38. The number of hydrogen-bond acceptors (Lipinski definition) is 4. The highest BCUT2D eigenvalue weighted by molar-refractivity contribution is 5.78. The minimum atomic E-state index is -1.25. The summed E-state index contributed by atoms with van der Waals surface area (Å²) in [5, 5.41) is 15.2. The van der Waals surface area contributed by atoms with E-state index in [9.17, 15) is 5.11 Å². The highest BCUT2D eigenvalue weighted by atomic mass is 16.5. The van der Waals surface area contributed by atoms with E-state index in [1.807, 2.05) is 68.7 Å². The topological polar surface area (TPSA) is 54.4 Å². The predicted molar refractivity (Wildman–Crippen MR) is 117 cm³/mol. The lowest BCUT2D eigenvalue weighted by Gasteiger charge is -2.28. The van der Waals surface area contributed by atoms with Gasteiger partial charge in [-0.05, 0) is 56.3 Å². The van der Waals surface area contributed by atoms with Crippen LogP contribution in [0, 0.1) is 0 Å². The standard InChI is InChI=1S/C22H25NO2.C2H7N/c1-21(2,3)16-11-12-19(25-5)17(14-16)22(4,24)20-13-10-15-8-6-7-9-18(15)23-20;1-3-2/h6-14,24H,1-5H3;3H,1-2H3. The Bertz CT molecular complexity index is 927. The van der Waals surface area contributed by atoms with E-state index in [1.54, 1.807) is 14.0 Å². The second kappa shape index (κ2) is 8.72. The molecule has 0 spiro atoms. The lowest BCUT2D eigenvalue weighted by molar-refractivity contribution is 0.0944. The molecular formula is C24H32N2O2. The molecule has 0 radical (unpaired) electrons. The smallest absolute Gasteiger partial charge is 0.132 e. The van der Waals surface area contributed by atoms with Gasteiger partial charge in [0.15, 0.2) is 0 Å². The van der Waals surface area contributed by atoms with Gasteiger partial charge in [0.05, 0.1) is 18.3 Å². The van der Waals surface area contributed by atoms with Crippen LogP contribution >= 0.6 is 0 Å². The lowest BCUT2D eigenvalue weighted by atomic mass is 9.82. The van der Waals surface area contributed by atoms with Crippen LogP contribution in [-0.2, 0) is 11.0 Å². The van der Waals surface area contributed by atoms with Gasteiger partial charge in [-0.3, -0.25) is 0 Å². The summed E-state index contributed by atoms with van der Waals surface area (Å²) in [6.45, 7) is 8.24. The number of benzene rings is 2. The minimum Gasteiger partial charge on any atom is -0.496 e. The van der Waals surface area contributed by atoms with E-state index in [1.165, 1.54) is 0 Å². The molecule has 0 aliphatic heterocycles. The molecule has 4 nitrogen and oxygen atoms in total. The van der Waals surface area contributed by atoms with E-state index in [2.05, 4.69) is 31.1 Å². The van der Waals surface area contributed by atoms with Crippen molar-refractivity contribution >= 4 is 10.9 Å². The number of para-hydroxylation sites is 1. The summed E-state index contributed by atoms with van der Waals surface area (Å²) in [5.41, 5.74) is 2.07. The van der Waals surface area contributed by atoms with Crippen LogP contribution in [0.2, 0.25) is 0 Å². The third kappa shape index (κ3) is 4.70. The van der Waals surface area contributed by atoms with Gasteiger partial charge in [-0.2, -0.15) is 0 Å². The SMILES string of the molecule is CNC.COc1ccc(C(C)(C)C)cc1C(C)(O)c1ccc2ccccc2n1. The van der Waals surface area contributed by atoms with Gasteiger partial charge < -0.3 is 15.2 Å². The van der Waals surface area contributed by atoms with Crippen molar-refractivity contribution in [3.05, 3.63) is 71.4 Å². The highest BCUT2D eigenvalue weighted by Gasteiger charge is 2.32. The van der Waals surface area contributed by atoms with E-state index in [-0.39, 0.29) is 5.41 Å². The van der Waals surface area contributed by atoms with Crippen molar-refractivity contribution in [2.24, 2.45) is 0 Å². The fourth-order valence-electron chi connectivity index (χ4n) is 3.03. The fraction of sp³-hybridized carbons (Fsp3) is 0.375. The summed E-state index contributed by atoms with van der Waals surface area (Å²) in [7, 11) is 5.37. The number of methoxy groups -OCH3 is 1. The molecular weight excluding hydrogens is 348 g/mol. The average Bonchev–Trinajstić information content (AvgIpc) is 2.67. The Morgan fingerprint density at radius 2 is 1.57 bits per heavy atom. The Labute approximate surface area is 168 Å². The molecule has 0 saturated heterocycles. The van der Waals surface area contributed by atoms with Crippen LogP contribution in [0.4, 0.5) is 0 Å².